The molecule has 7 heteroatoms. The van der Waals surface area contributed by atoms with Gasteiger partial charge in [0.2, 0.25) is 0 Å². The first-order valence-corrected chi connectivity index (χ1v) is 7.43. The Morgan fingerprint density at radius 2 is 2.16 bits per heavy atom. The molecule has 2 rings (SSSR count). The van der Waals surface area contributed by atoms with Gasteiger partial charge in [0.15, 0.2) is 5.16 Å². The van der Waals surface area contributed by atoms with Gasteiger partial charge >= 0.3 is 0 Å². The highest BCUT2D eigenvalue weighted by Crippen LogP contribution is 2.18. The van der Waals surface area contributed by atoms with Crippen LogP contribution in [0.4, 0.5) is 5.82 Å². The van der Waals surface area contributed by atoms with Crippen LogP contribution in [0.25, 0.3) is 0 Å². The molecule has 0 atom stereocenters. The molecule has 0 aliphatic rings. The summed E-state index contributed by atoms with van der Waals surface area (Å²) in [6, 6.07) is 5.43. The fourth-order valence-electron chi connectivity index (χ4n) is 1.40. The molecule has 0 aliphatic carbocycles. The van der Waals surface area contributed by atoms with Crippen LogP contribution in [0.2, 0.25) is 0 Å². The molecule has 0 saturated carbocycles. The number of nitrogens with one attached hydrogen (secondary N) is 1. The van der Waals surface area contributed by atoms with Gasteiger partial charge in [-0.15, -0.1) is 0 Å². The van der Waals surface area contributed by atoms with Crippen molar-refractivity contribution in [2.75, 3.05) is 11.6 Å². The van der Waals surface area contributed by atoms with E-state index in [2.05, 4.69) is 36.2 Å². The largest absolute Gasteiger partial charge is 0.305 e. The number of aryl methyl sites for hydroxylation is 1. The van der Waals surface area contributed by atoms with Crippen molar-refractivity contribution < 1.29 is 4.79 Å². The van der Waals surface area contributed by atoms with Gasteiger partial charge in [-0.3, -0.25) is 4.79 Å². The van der Waals surface area contributed by atoms with Gasteiger partial charge in [0.05, 0.1) is 4.47 Å². The zero-order valence-corrected chi connectivity index (χ0v) is 12.7. The smallest absolute Gasteiger partial charge is 0.276 e. The molecule has 0 aliphatic heterocycles. The number of amides is 1. The van der Waals surface area contributed by atoms with Crippen molar-refractivity contribution in [3.8, 4) is 0 Å². The highest BCUT2D eigenvalue weighted by atomic mass is 79.9. The lowest BCUT2D eigenvalue weighted by Gasteiger charge is -2.06. The lowest BCUT2D eigenvalue weighted by atomic mass is 10.3. The molecular formula is C12H11BrN4OS. The van der Waals surface area contributed by atoms with Crippen molar-refractivity contribution in [1.82, 2.24) is 15.0 Å². The van der Waals surface area contributed by atoms with Crippen LogP contribution in [0.3, 0.4) is 0 Å². The number of aromatic nitrogens is 3. The number of anilines is 1. The summed E-state index contributed by atoms with van der Waals surface area (Å²) in [4.78, 5) is 24.6. The summed E-state index contributed by atoms with van der Waals surface area (Å²) in [7, 11) is 0. The van der Waals surface area contributed by atoms with E-state index < -0.39 is 0 Å². The van der Waals surface area contributed by atoms with Crippen LogP contribution in [-0.2, 0) is 0 Å². The second-order valence-corrected chi connectivity index (χ2v) is 5.30. The summed E-state index contributed by atoms with van der Waals surface area (Å²) >= 11 is 4.65. The zero-order chi connectivity index (χ0) is 13.8. The first-order valence-electron chi connectivity index (χ1n) is 5.41. The van der Waals surface area contributed by atoms with E-state index in [1.165, 1.54) is 11.8 Å². The van der Waals surface area contributed by atoms with E-state index in [9.17, 15) is 4.79 Å². The Hall–Kier alpha value is -1.47. The van der Waals surface area contributed by atoms with E-state index in [4.69, 9.17) is 0 Å². The molecule has 0 radical (unpaired) electrons. The number of halogens is 1. The number of nitrogens with zero attached hydrogens (tertiary/aromatic N) is 3. The van der Waals surface area contributed by atoms with Gasteiger partial charge in [0.25, 0.3) is 5.91 Å². The molecular weight excluding hydrogens is 328 g/mol. The fourth-order valence-corrected chi connectivity index (χ4v) is 2.11. The molecule has 2 aromatic heterocycles. The molecule has 98 valence electrons. The Balaban J connectivity index is 2.25. The van der Waals surface area contributed by atoms with Gasteiger partial charge in [-0.1, -0.05) is 17.8 Å². The Labute approximate surface area is 123 Å². The summed E-state index contributed by atoms with van der Waals surface area (Å²) in [5, 5.41) is 3.26. The molecule has 0 saturated heterocycles. The second-order valence-electron chi connectivity index (χ2n) is 3.67. The number of carbonyl (C=O) groups is 1. The third-order valence-electron chi connectivity index (χ3n) is 2.25. The van der Waals surface area contributed by atoms with Crippen LogP contribution < -0.4 is 5.32 Å². The topological polar surface area (TPSA) is 67.8 Å². The number of carbonyl (C=O) groups excluding carboxylic acids is 1. The first kappa shape index (κ1) is 14.0. The first-order chi connectivity index (χ1) is 9.10. The van der Waals surface area contributed by atoms with E-state index in [0.29, 0.717) is 21.1 Å². The molecule has 2 heterocycles. The Morgan fingerprint density at radius 3 is 2.84 bits per heavy atom. The van der Waals surface area contributed by atoms with Gasteiger partial charge < -0.3 is 5.32 Å². The highest BCUT2D eigenvalue weighted by molar-refractivity contribution is 9.10. The minimum absolute atomic E-state index is 0.294. The van der Waals surface area contributed by atoms with E-state index in [-0.39, 0.29) is 5.91 Å². The number of thioether (sulfide) groups is 1. The van der Waals surface area contributed by atoms with Crippen molar-refractivity contribution in [2.24, 2.45) is 0 Å². The molecule has 1 N–H and O–H groups in total. The summed E-state index contributed by atoms with van der Waals surface area (Å²) in [6.07, 6.45) is 3.42. The Kier molecular flexibility index (Phi) is 4.49. The maximum Gasteiger partial charge on any atom is 0.276 e. The molecule has 0 spiro atoms. The lowest BCUT2D eigenvalue weighted by Crippen LogP contribution is -2.16. The van der Waals surface area contributed by atoms with Gasteiger partial charge in [0, 0.05) is 11.9 Å². The van der Waals surface area contributed by atoms with E-state index in [1.807, 2.05) is 25.3 Å². The van der Waals surface area contributed by atoms with Crippen molar-refractivity contribution in [2.45, 2.75) is 12.1 Å². The van der Waals surface area contributed by atoms with Gasteiger partial charge in [0.1, 0.15) is 11.5 Å². The maximum atomic E-state index is 12.1. The third-order valence-corrected chi connectivity index (χ3v) is 3.39. The summed E-state index contributed by atoms with van der Waals surface area (Å²) in [6.45, 7) is 1.86. The van der Waals surface area contributed by atoms with Gasteiger partial charge in [-0.2, -0.15) is 0 Å². The quantitative estimate of drug-likeness (QED) is 0.688. The summed E-state index contributed by atoms with van der Waals surface area (Å²) in [5.41, 5.74) is 1.13. The van der Waals surface area contributed by atoms with Gasteiger partial charge in [-0.25, -0.2) is 15.0 Å². The number of rotatable bonds is 3. The predicted octanol–water partition coefficient (Wildman–Crippen LogP) is 2.92. The molecule has 0 aromatic carbocycles. The zero-order valence-electron chi connectivity index (χ0n) is 10.3. The van der Waals surface area contributed by atoms with E-state index in [0.717, 1.165) is 5.69 Å². The van der Waals surface area contributed by atoms with E-state index >= 15 is 0 Å². The average molecular weight is 339 g/mol. The summed E-state index contributed by atoms with van der Waals surface area (Å²) in [5.74, 6) is 0.184. The molecule has 1 amide bonds. The molecule has 0 bridgehead atoms. The highest BCUT2D eigenvalue weighted by Gasteiger charge is 2.14. The Bertz CT molecular complexity index is 620. The monoisotopic (exact) mass is 338 g/mol. The molecule has 0 fully saturated rings. The number of pyridine rings is 1. The molecule has 0 unspecified atom stereocenters. The second kappa shape index (κ2) is 6.12. The molecule has 19 heavy (non-hydrogen) atoms. The van der Waals surface area contributed by atoms with Crippen LogP contribution in [0.15, 0.2) is 34.0 Å². The van der Waals surface area contributed by atoms with Crippen LogP contribution in [0.5, 0.6) is 0 Å². The van der Waals surface area contributed by atoms with E-state index in [1.54, 1.807) is 12.3 Å². The van der Waals surface area contributed by atoms with Crippen molar-refractivity contribution >= 4 is 39.4 Å². The molecule has 5 nitrogen and oxygen atoms in total. The summed E-state index contributed by atoms with van der Waals surface area (Å²) < 4.78 is 0.551. The Morgan fingerprint density at radius 1 is 1.37 bits per heavy atom. The van der Waals surface area contributed by atoms with Crippen LogP contribution >= 0.6 is 27.7 Å². The normalized spacial score (nSPS) is 10.3. The third kappa shape index (κ3) is 3.51. The minimum Gasteiger partial charge on any atom is -0.305 e. The maximum absolute atomic E-state index is 12.1. The van der Waals surface area contributed by atoms with Crippen LogP contribution in [-0.4, -0.2) is 27.1 Å². The SMILES string of the molecule is CSc1ncc(Br)c(C(=O)Nc2cccc(C)n2)n1. The van der Waals surface area contributed by atoms with Crippen LogP contribution in [0.1, 0.15) is 16.2 Å². The fraction of sp³-hybridized carbons (Fsp3) is 0.167. The average Bonchev–Trinajstić information content (AvgIpc) is 2.39. The standard InChI is InChI=1S/C12H11BrN4OS/c1-7-4-3-5-9(15-7)16-11(18)10-8(13)6-14-12(17-10)19-2/h3-6H,1-2H3,(H,15,16,18). The minimum atomic E-state index is -0.317. The van der Waals surface area contributed by atoms with Crippen molar-refractivity contribution in [3.63, 3.8) is 0 Å². The van der Waals surface area contributed by atoms with Crippen molar-refractivity contribution in [3.05, 3.63) is 40.3 Å². The predicted molar refractivity (Wildman–Crippen MR) is 78.4 cm³/mol. The van der Waals surface area contributed by atoms with Crippen molar-refractivity contribution in [1.29, 1.82) is 0 Å². The number of hydrogen-bond donors (Lipinski definition) is 1. The lowest BCUT2D eigenvalue weighted by molar-refractivity contribution is 0.102. The van der Waals surface area contributed by atoms with Crippen LogP contribution in [0, 0.1) is 6.92 Å². The number of hydrogen-bond acceptors (Lipinski definition) is 5. The van der Waals surface area contributed by atoms with Gasteiger partial charge in [-0.05, 0) is 41.2 Å². The molecule has 2 aromatic rings.